The number of allylic oxidation sites excluding steroid dienone is 1. The number of hydrogen-bond acceptors (Lipinski definition) is 2. The second kappa shape index (κ2) is 3.82. The minimum absolute atomic E-state index is 0.108. The molecule has 5 rings (SSSR count). The minimum Gasteiger partial charge on any atom is -0.462 e. The molecule has 2 heteroatoms. The Hall–Kier alpha value is -0.790. The minimum atomic E-state index is -0.203. The molecule has 4 saturated carbocycles. The monoisotopic (exact) mass is 300 g/mol. The highest BCUT2D eigenvalue weighted by Gasteiger charge is 2.71. The SMILES string of the molecule is C=C1CC23CC1CCC2[C@@]1(C)CCC[C@@]2(C)C(=O)O[C@H](C3)C12. The molecule has 4 aliphatic carbocycles. The van der Waals surface area contributed by atoms with Gasteiger partial charge in [-0.15, -0.1) is 0 Å². The van der Waals surface area contributed by atoms with Gasteiger partial charge in [0.05, 0.1) is 5.41 Å². The summed E-state index contributed by atoms with van der Waals surface area (Å²) >= 11 is 0. The van der Waals surface area contributed by atoms with E-state index in [2.05, 4.69) is 20.4 Å². The van der Waals surface area contributed by atoms with Gasteiger partial charge in [0.25, 0.3) is 0 Å². The zero-order valence-corrected chi connectivity index (χ0v) is 14.0. The molecule has 7 atom stereocenters. The average Bonchev–Trinajstić information content (AvgIpc) is 2.82. The van der Waals surface area contributed by atoms with Gasteiger partial charge in [-0.3, -0.25) is 4.79 Å². The number of hydrogen-bond donors (Lipinski definition) is 0. The van der Waals surface area contributed by atoms with Crippen LogP contribution in [0, 0.1) is 34.0 Å². The maximum Gasteiger partial charge on any atom is 0.312 e. The first-order valence-electron chi connectivity index (χ1n) is 9.28. The second-order valence-electron chi connectivity index (χ2n) is 9.63. The molecule has 1 heterocycles. The van der Waals surface area contributed by atoms with E-state index >= 15 is 0 Å². The Bertz CT molecular complexity index is 580. The van der Waals surface area contributed by atoms with E-state index in [4.69, 9.17) is 4.74 Å². The molecule has 0 aromatic carbocycles. The molecule has 1 saturated heterocycles. The Balaban J connectivity index is 1.65. The van der Waals surface area contributed by atoms with Gasteiger partial charge >= 0.3 is 5.97 Å². The van der Waals surface area contributed by atoms with E-state index in [0.29, 0.717) is 16.7 Å². The number of fused-ring (bicyclic) bond motifs is 2. The lowest BCUT2D eigenvalue weighted by Gasteiger charge is -2.62. The Kier molecular flexibility index (Phi) is 2.36. The maximum atomic E-state index is 12.6. The van der Waals surface area contributed by atoms with Crippen LogP contribution in [-0.2, 0) is 9.53 Å². The second-order valence-corrected chi connectivity index (χ2v) is 9.63. The lowest BCUT2D eigenvalue weighted by atomic mass is 9.41. The molecule has 22 heavy (non-hydrogen) atoms. The van der Waals surface area contributed by atoms with Gasteiger partial charge in [-0.1, -0.05) is 25.5 Å². The van der Waals surface area contributed by atoms with E-state index < -0.39 is 0 Å². The third-order valence-electron chi connectivity index (χ3n) is 8.66. The van der Waals surface area contributed by atoms with Crippen LogP contribution in [0.4, 0.5) is 0 Å². The molecule has 120 valence electrons. The molecule has 1 aliphatic heterocycles. The molecule has 4 unspecified atom stereocenters. The fraction of sp³-hybridized carbons (Fsp3) is 0.850. The lowest BCUT2D eigenvalue weighted by Crippen LogP contribution is -2.59. The van der Waals surface area contributed by atoms with Gasteiger partial charge in [-0.25, -0.2) is 0 Å². The first-order valence-corrected chi connectivity index (χ1v) is 9.28. The predicted octanol–water partition coefficient (Wildman–Crippen LogP) is 4.49. The molecule has 2 bridgehead atoms. The number of carbonyl (C=O) groups excluding carboxylic acids is 1. The third kappa shape index (κ3) is 1.33. The smallest absolute Gasteiger partial charge is 0.312 e. The average molecular weight is 300 g/mol. The molecule has 1 spiro atoms. The van der Waals surface area contributed by atoms with Crippen molar-refractivity contribution in [2.24, 2.45) is 34.0 Å². The van der Waals surface area contributed by atoms with Crippen LogP contribution >= 0.6 is 0 Å². The molecule has 5 aliphatic rings. The molecule has 0 aromatic rings. The van der Waals surface area contributed by atoms with E-state index in [-0.39, 0.29) is 17.5 Å². The Morgan fingerprint density at radius 3 is 2.82 bits per heavy atom. The summed E-state index contributed by atoms with van der Waals surface area (Å²) in [5.74, 6) is 2.11. The number of carbonyl (C=O) groups is 1. The highest BCUT2D eigenvalue weighted by atomic mass is 16.6. The maximum absolute atomic E-state index is 12.6. The van der Waals surface area contributed by atoms with Crippen LogP contribution in [0.1, 0.15) is 65.2 Å². The first-order chi connectivity index (χ1) is 10.4. The van der Waals surface area contributed by atoms with E-state index in [1.54, 1.807) is 0 Å². The highest BCUT2D eigenvalue weighted by molar-refractivity contribution is 5.80. The van der Waals surface area contributed by atoms with Crippen LogP contribution in [-0.4, -0.2) is 12.1 Å². The fourth-order valence-electron chi connectivity index (χ4n) is 8.11. The normalized spacial score (nSPS) is 59.0. The van der Waals surface area contributed by atoms with Crippen molar-refractivity contribution in [2.45, 2.75) is 71.3 Å². The topological polar surface area (TPSA) is 26.3 Å². The van der Waals surface area contributed by atoms with Crippen LogP contribution < -0.4 is 0 Å². The van der Waals surface area contributed by atoms with Crippen molar-refractivity contribution in [3.63, 3.8) is 0 Å². The van der Waals surface area contributed by atoms with Crippen LogP contribution in [0.15, 0.2) is 12.2 Å². The molecule has 0 N–H and O–H groups in total. The van der Waals surface area contributed by atoms with Gasteiger partial charge in [0.15, 0.2) is 0 Å². The zero-order chi connectivity index (χ0) is 15.3. The molecule has 0 aromatic heterocycles. The fourth-order valence-corrected chi connectivity index (χ4v) is 8.11. The summed E-state index contributed by atoms with van der Waals surface area (Å²) in [4.78, 5) is 12.6. The van der Waals surface area contributed by atoms with Gasteiger partial charge < -0.3 is 4.74 Å². The lowest BCUT2D eigenvalue weighted by molar-refractivity contribution is -0.157. The summed E-state index contributed by atoms with van der Waals surface area (Å²) in [5.41, 5.74) is 2.00. The van der Waals surface area contributed by atoms with Gasteiger partial charge in [0, 0.05) is 5.92 Å². The summed E-state index contributed by atoms with van der Waals surface area (Å²) in [5, 5.41) is 0. The van der Waals surface area contributed by atoms with Crippen LogP contribution in [0.5, 0.6) is 0 Å². The van der Waals surface area contributed by atoms with Crippen LogP contribution in [0.2, 0.25) is 0 Å². The summed E-state index contributed by atoms with van der Waals surface area (Å²) in [6.45, 7) is 9.11. The van der Waals surface area contributed by atoms with E-state index in [0.717, 1.165) is 24.7 Å². The molecule has 0 radical (unpaired) electrons. The van der Waals surface area contributed by atoms with Crippen molar-refractivity contribution in [1.82, 2.24) is 0 Å². The van der Waals surface area contributed by atoms with E-state index in [1.807, 2.05) is 0 Å². The Labute approximate surface area is 133 Å². The summed E-state index contributed by atoms with van der Waals surface area (Å²) < 4.78 is 6.01. The molecule has 5 fully saturated rings. The van der Waals surface area contributed by atoms with Crippen molar-refractivity contribution in [3.05, 3.63) is 12.2 Å². The molecule has 0 amide bonds. The van der Waals surface area contributed by atoms with Crippen molar-refractivity contribution < 1.29 is 9.53 Å². The summed E-state index contributed by atoms with van der Waals surface area (Å²) in [7, 11) is 0. The van der Waals surface area contributed by atoms with Gasteiger partial charge in [0.1, 0.15) is 6.10 Å². The summed E-state index contributed by atoms with van der Waals surface area (Å²) in [6, 6.07) is 0. The van der Waals surface area contributed by atoms with Crippen molar-refractivity contribution in [2.75, 3.05) is 0 Å². The number of ether oxygens (including phenoxy) is 1. The summed E-state index contributed by atoms with van der Waals surface area (Å²) in [6.07, 6.45) is 10.1. The third-order valence-corrected chi connectivity index (χ3v) is 8.66. The molecule has 2 nitrogen and oxygen atoms in total. The van der Waals surface area contributed by atoms with E-state index in [9.17, 15) is 4.79 Å². The first kappa shape index (κ1) is 13.6. The Morgan fingerprint density at radius 1 is 1.18 bits per heavy atom. The van der Waals surface area contributed by atoms with Crippen molar-refractivity contribution >= 4 is 5.97 Å². The largest absolute Gasteiger partial charge is 0.462 e. The predicted molar refractivity (Wildman–Crippen MR) is 85.1 cm³/mol. The Morgan fingerprint density at radius 2 is 2.00 bits per heavy atom. The zero-order valence-electron chi connectivity index (χ0n) is 14.0. The quantitative estimate of drug-likeness (QED) is 0.486. The highest BCUT2D eigenvalue weighted by Crippen LogP contribution is 2.74. The standard InChI is InChI=1S/C20H28O2/c1-12-9-20-10-13(12)5-6-15(20)18(2)7-4-8-19(3)16(18)14(11-20)22-17(19)21/h13-16H,1,4-11H2,2-3H3/t13?,14-,15?,16?,18-,19-,20?/m1/s1. The number of esters is 1. The van der Waals surface area contributed by atoms with Gasteiger partial charge in [-0.05, 0) is 74.5 Å². The molecular weight excluding hydrogens is 272 g/mol. The van der Waals surface area contributed by atoms with Crippen LogP contribution in [0.3, 0.4) is 0 Å². The van der Waals surface area contributed by atoms with Crippen LogP contribution in [0.25, 0.3) is 0 Å². The van der Waals surface area contributed by atoms with Crippen molar-refractivity contribution in [3.8, 4) is 0 Å². The van der Waals surface area contributed by atoms with E-state index in [1.165, 1.54) is 44.1 Å². The van der Waals surface area contributed by atoms with Gasteiger partial charge in [-0.2, -0.15) is 0 Å². The van der Waals surface area contributed by atoms with Crippen molar-refractivity contribution in [1.29, 1.82) is 0 Å². The number of rotatable bonds is 0. The molecular formula is C20H28O2. The van der Waals surface area contributed by atoms with Gasteiger partial charge in [0.2, 0.25) is 0 Å².